The minimum absolute atomic E-state index is 0.125. The van der Waals surface area contributed by atoms with Gasteiger partial charge in [0.15, 0.2) is 0 Å². The molecule has 1 aliphatic carbocycles. The number of halogens is 2. The maximum atomic E-state index is 13.6. The fourth-order valence-electron chi connectivity index (χ4n) is 5.73. The molecule has 1 N–H and O–H groups in total. The number of hydrogen-bond donors (Lipinski definition) is 1. The van der Waals surface area contributed by atoms with E-state index in [4.69, 9.17) is 32.9 Å². The van der Waals surface area contributed by atoms with Crippen molar-refractivity contribution in [2.45, 2.75) is 56.8 Å². The molecule has 4 aromatic rings. The van der Waals surface area contributed by atoms with Crippen molar-refractivity contribution in [3.05, 3.63) is 105 Å². The van der Waals surface area contributed by atoms with Crippen molar-refractivity contribution < 1.29 is 14.3 Å². The molecule has 8 heteroatoms. The van der Waals surface area contributed by atoms with E-state index in [0.717, 1.165) is 31.2 Å². The summed E-state index contributed by atoms with van der Waals surface area (Å²) >= 11 is 12.2. The smallest absolute Gasteiger partial charge is 0.315 e. The Bertz CT molecular complexity index is 1480. The molecule has 0 radical (unpaired) electrons. The average molecular weight is 579 g/mol. The van der Waals surface area contributed by atoms with Gasteiger partial charge in [-0.15, -0.1) is 0 Å². The first-order chi connectivity index (χ1) is 19.4. The Hall–Kier alpha value is -3.35. The number of nitrogens with zero attached hydrogens (tertiary/aromatic N) is 2. The number of imidazole rings is 1. The van der Waals surface area contributed by atoms with E-state index in [1.807, 2.05) is 36.4 Å². The summed E-state index contributed by atoms with van der Waals surface area (Å²) in [5, 5.41) is 4.55. The quantitative estimate of drug-likeness (QED) is 0.214. The number of aromatic nitrogens is 2. The van der Waals surface area contributed by atoms with E-state index >= 15 is 0 Å². The molecule has 2 heterocycles. The summed E-state index contributed by atoms with van der Waals surface area (Å²) in [7, 11) is 0. The summed E-state index contributed by atoms with van der Waals surface area (Å²) in [6, 6.07) is 20.8. The van der Waals surface area contributed by atoms with E-state index in [2.05, 4.69) is 17.4 Å². The van der Waals surface area contributed by atoms with Gasteiger partial charge in [-0.1, -0.05) is 72.8 Å². The van der Waals surface area contributed by atoms with Crippen LogP contribution in [0.25, 0.3) is 5.65 Å². The Balaban J connectivity index is 1.41. The molecule has 1 unspecified atom stereocenters. The molecule has 0 aliphatic heterocycles. The van der Waals surface area contributed by atoms with Crippen LogP contribution in [-0.2, 0) is 21.4 Å². The predicted octanol–water partition coefficient (Wildman–Crippen LogP) is 7.16. The second-order valence-electron chi connectivity index (χ2n) is 10.5. The van der Waals surface area contributed by atoms with E-state index in [9.17, 15) is 9.59 Å². The molecule has 1 amide bonds. The monoisotopic (exact) mass is 577 g/mol. The standard InChI is InChI=1S/C32H33Cl2N3O3/c1-2-40-31(39)26(19-22-9-13-24(33)14-10-22)27-20-37-28(7-6-8-29(37)36-27)30(38)35-21-32(17-4-3-5-18-32)23-11-15-25(34)16-12-23/h6-16,20,26H,2-5,17-19,21H2,1H3,(H,35,38). The Morgan fingerprint density at radius 2 is 1.65 bits per heavy atom. The number of nitrogens with one attached hydrogen (secondary N) is 1. The third-order valence-electron chi connectivity index (χ3n) is 7.88. The number of rotatable bonds is 9. The van der Waals surface area contributed by atoms with Crippen molar-refractivity contribution in [3.63, 3.8) is 0 Å². The normalized spacial score (nSPS) is 15.5. The van der Waals surface area contributed by atoms with Crippen LogP contribution in [0.2, 0.25) is 10.0 Å². The minimum atomic E-state index is -0.618. The van der Waals surface area contributed by atoms with Gasteiger partial charge in [0.25, 0.3) is 5.91 Å². The molecule has 6 nitrogen and oxygen atoms in total. The highest BCUT2D eigenvalue weighted by Crippen LogP contribution is 2.39. The molecule has 0 spiro atoms. The van der Waals surface area contributed by atoms with E-state index in [1.54, 1.807) is 35.7 Å². The molecule has 40 heavy (non-hydrogen) atoms. The van der Waals surface area contributed by atoms with Gasteiger partial charge in [0.05, 0.1) is 12.3 Å². The molecule has 1 fully saturated rings. The molecule has 2 aromatic heterocycles. The summed E-state index contributed by atoms with van der Waals surface area (Å²) in [4.78, 5) is 31.3. The lowest BCUT2D eigenvalue weighted by molar-refractivity contribution is -0.145. The Kier molecular flexibility index (Phi) is 8.77. The van der Waals surface area contributed by atoms with Gasteiger partial charge in [0.2, 0.25) is 0 Å². The second kappa shape index (κ2) is 12.4. The van der Waals surface area contributed by atoms with Gasteiger partial charge in [-0.25, -0.2) is 4.98 Å². The SMILES string of the molecule is CCOC(=O)C(Cc1ccc(Cl)cc1)c1cn2c(C(=O)NCC3(c4ccc(Cl)cc4)CCCCC3)cccc2n1. The van der Waals surface area contributed by atoms with Crippen LogP contribution in [0.3, 0.4) is 0 Å². The van der Waals surface area contributed by atoms with E-state index in [-0.39, 0.29) is 23.9 Å². The van der Waals surface area contributed by atoms with Crippen molar-refractivity contribution in [2.75, 3.05) is 13.2 Å². The van der Waals surface area contributed by atoms with E-state index in [0.29, 0.717) is 40.0 Å². The van der Waals surface area contributed by atoms with E-state index in [1.165, 1.54) is 12.0 Å². The van der Waals surface area contributed by atoms with Crippen LogP contribution in [0, 0.1) is 0 Å². The molecular formula is C32H33Cl2N3O3. The van der Waals surface area contributed by atoms with Crippen molar-refractivity contribution in [1.29, 1.82) is 0 Å². The molecule has 5 rings (SSSR count). The first-order valence-corrected chi connectivity index (χ1v) is 14.6. The third-order valence-corrected chi connectivity index (χ3v) is 8.38. The van der Waals surface area contributed by atoms with Gasteiger partial charge < -0.3 is 10.1 Å². The zero-order valence-electron chi connectivity index (χ0n) is 22.5. The van der Waals surface area contributed by atoms with Crippen LogP contribution < -0.4 is 5.32 Å². The van der Waals surface area contributed by atoms with Crippen molar-refractivity contribution in [2.24, 2.45) is 0 Å². The van der Waals surface area contributed by atoms with Crippen LogP contribution in [0.15, 0.2) is 72.9 Å². The molecule has 1 aliphatic rings. The highest BCUT2D eigenvalue weighted by Gasteiger charge is 2.34. The van der Waals surface area contributed by atoms with Crippen LogP contribution in [0.1, 0.15) is 72.3 Å². The van der Waals surface area contributed by atoms with Gasteiger partial charge in [-0.2, -0.15) is 0 Å². The Morgan fingerprint density at radius 3 is 2.33 bits per heavy atom. The fourth-order valence-corrected chi connectivity index (χ4v) is 5.98. The average Bonchev–Trinajstić information content (AvgIpc) is 3.41. The summed E-state index contributed by atoms with van der Waals surface area (Å²) in [6.45, 7) is 2.59. The lowest BCUT2D eigenvalue weighted by Gasteiger charge is -2.38. The molecule has 2 aromatic carbocycles. The summed E-state index contributed by atoms with van der Waals surface area (Å²) in [5.41, 5.74) is 3.64. The molecule has 0 bridgehead atoms. The number of pyridine rings is 1. The zero-order chi connectivity index (χ0) is 28.1. The van der Waals surface area contributed by atoms with Crippen LogP contribution in [0.4, 0.5) is 0 Å². The maximum absolute atomic E-state index is 13.6. The lowest BCUT2D eigenvalue weighted by atomic mass is 9.69. The summed E-state index contributed by atoms with van der Waals surface area (Å²) in [5.74, 6) is -1.15. The molecular weight excluding hydrogens is 545 g/mol. The maximum Gasteiger partial charge on any atom is 0.315 e. The van der Waals surface area contributed by atoms with Crippen LogP contribution >= 0.6 is 23.2 Å². The van der Waals surface area contributed by atoms with Crippen molar-refractivity contribution in [3.8, 4) is 0 Å². The third kappa shape index (κ3) is 6.18. The Morgan fingerprint density at radius 1 is 0.975 bits per heavy atom. The van der Waals surface area contributed by atoms with Crippen LogP contribution in [0.5, 0.6) is 0 Å². The Labute approximate surface area is 244 Å². The molecule has 1 atom stereocenters. The molecule has 1 saturated carbocycles. The van der Waals surface area contributed by atoms with Crippen molar-refractivity contribution in [1.82, 2.24) is 14.7 Å². The minimum Gasteiger partial charge on any atom is -0.465 e. The number of hydrogen-bond acceptors (Lipinski definition) is 4. The van der Waals surface area contributed by atoms with Gasteiger partial charge >= 0.3 is 5.97 Å². The topological polar surface area (TPSA) is 72.7 Å². The number of carbonyl (C=O) groups excluding carboxylic acids is 2. The highest BCUT2D eigenvalue weighted by atomic mass is 35.5. The number of esters is 1. The fraction of sp³-hybridized carbons (Fsp3) is 0.344. The van der Waals surface area contributed by atoms with Gasteiger partial charge in [0, 0.05) is 28.2 Å². The summed E-state index contributed by atoms with van der Waals surface area (Å²) in [6.07, 6.45) is 7.67. The number of carbonyl (C=O) groups is 2. The lowest BCUT2D eigenvalue weighted by Crippen LogP contribution is -2.42. The van der Waals surface area contributed by atoms with Gasteiger partial charge in [-0.05, 0) is 73.7 Å². The van der Waals surface area contributed by atoms with Crippen molar-refractivity contribution >= 4 is 40.7 Å². The largest absolute Gasteiger partial charge is 0.465 e. The van der Waals surface area contributed by atoms with E-state index < -0.39 is 5.92 Å². The first-order valence-electron chi connectivity index (χ1n) is 13.8. The van der Waals surface area contributed by atoms with Gasteiger partial charge in [0.1, 0.15) is 17.3 Å². The second-order valence-corrected chi connectivity index (χ2v) is 11.3. The molecule has 208 valence electrons. The number of amides is 1. The predicted molar refractivity (Wildman–Crippen MR) is 158 cm³/mol. The van der Waals surface area contributed by atoms with Gasteiger partial charge in [-0.3, -0.25) is 14.0 Å². The zero-order valence-corrected chi connectivity index (χ0v) is 24.0. The number of ether oxygens (including phenoxy) is 1. The first kappa shape index (κ1) is 28.2. The summed E-state index contributed by atoms with van der Waals surface area (Å²) < 4.78 is 7.15. The number of benzene rings is 2. The van der Waals surface area contributed by atoms with Crippen LogP contribution in [-0.4, -0.2) is 34.4 Å². The highest BCUT2D eigenvalue weighted by molar-refractivity contribution is 6.30. The number of fused-ring (bicyclic) bond motifs is 1. The molecule has 0 saturated heterocycles.